The number of thioether (sulfide) groups is 1. The zero-order valence-corrected chi connectivity index (χ0v) is 11.8. The minimum absolute atomic E-state index is 0.151. The SMILES string of the molecule is CSc1nc(C)cc(N2CCN(C(C)=O)CC2)n1. The van der Waals surface area contributed by atoms with Gasteiger partial charge in [0.1, 0.15) is 5.82 Å². The van der Waals surface area contributed by atoms with Crippen LogP contribution in [-0.4, -0.2) is 53.2 Å². The summed E-state index contributed by atoms with van der Waals surface area (Å²) in [5, 5.41) is 0.805. The smallest absolute Gasteiger partial charge is 0.219 e. The number of carbonyl (C=O) groups is 1. The summed E-state index contributed by atoms with van der Waals surface area (Å²) in [6.07, 6.45) is 1.98. The zero-order chi connectivity index (χ0) is 13.1. The maximum atomic E-state index is 11.3. The van der Waals surface area contributed by atoms with Crippen molar-refractivity contribution < 1.29 is 4.79 Å². The maximum absolute atomic E-state index is 11.3. The van der Waals surface area contributed by atoms with Gasteiger partial charge in [-0.05, 0) is 13.2 Å². The molecule has 0 saturated carbocycles. The maximum Gasteiger partial charge on any atom is 0.219 e. The molecule has 0 aliphatic carbocycles. The van der Waals surface area contributed by atoms with E-state index in [1.165, 1.54) is 0 Å². The summed E-state index contributed by atoms with van der Waals surface area (Å²) < 4.78 is 0. The molecule has 98 valence electrons. The fraction of sp³-hybridized carbons (Fsp3) is 0.583. The van der Waals surface area contributed by atoms with Crippen LogP contribution in [0.25, 0.3) is 0 Å². The molecule has 0 bridgehead atoms. The minimum atomic E-state index is 0.151. The summed E-state index contributed by atoms with van der Waals surface area (Å²) in [6, 6.07) is 2.00. The van der Waals surface area contributed by atoms with Crippen LogP contribution in [0.3, 0.4) is 0 Å². The van der Waals surface area contributed by atoms with E-state index in [9.17, 15) is 4.79 Å². The predicted molar refractivity (Wildman–Crippen MR) is 73.0 cm³/mol. The van der Waals surface area contributed by atoms with Crippen molar-refractivity contribution in [2.24, 2.45) is 0 Å². The molecule has 0 atom stereocenters. The quantitative estimate of drug-likeness (QED) is 0.594. The second-order valence-corrected chi connectivity index (χ2v) is 5.12. The molecular weight excluding hydrogens is 248 g/mol. The molecule has 1 saturated heterocycles. The van der Waals surface area contributed by atoms with E-state index in [0.29, 0.717) is 0 Å². The predicted octanol–water partition coefficient (Wildman–Crippen LogP) is 1.18. The molecule has 0 unspecified atom stereocenters. The summed E-state index contributed by atoms with van der Waals surface area (Å²) in [7, 11) is 0. The molecule has 1 aliphatic rings. The minimum Gasteiger partial charge on any atom is -0.353 e. The van der Waals surface area contributed by atoms with E-state index in [1.54, 1.807) is 18.7 Å². The number of carbonyl (C=O) groups excluding carboxylic acids is 1. The Bertz CT molecular complexity index is 444. The van der Waals surface area contributed by atoms with E-state index in [1.807, 2.05) is 24.1 Å². The van der Waals surface area contributed by atoms with E-state index in [0.717, 1.165) is 42.8 Å². The van der Waals surface area contributed by atoms with Gasteiger partial charge in [0.15, 0.2) is 5.16 Å². The molecule has 5 nitrogen and oxygen atoms in total. The van der Waals surface area contributed by atoms with Gasteiger partial charge in [0, 0.05) is 44.9 Å². The summed E-state index contributed by atoms with van der Waals surface area (Å²) in [4.78, 5) is 24.2. The second kappa shape index (κ2) is 5.56. The summed E-state index contributed by atoms with van der Waals surface area (Å²) in [5.74, 6) is 1.12. The molecule has 18 heavy (non-hydrogen) atoms. The summed E-state index contributed by atoms with van der Waals surface area (Å²) in [6.45, 7) is 6.82. The molecule has 1 aromatic rings. The number of hydrogen-bond acceptors (Lipinski definition) is 5. The van der Waals surface area contributed by atoms with Crippen molar-refractivity contribution in [3.63, 3.8) is 0 Å². The molecule has 0 radical (unpaired) electrons. The number of piperazine rings is 1. The van der Waals surface area contributed by atoms with Gasteiger partial charge in [0.25, 0.3) is 0 Å². The molecule has 2 heterocycles. The number of aromatic nitrogens is 2. The van der Waals surface area contributed by atoms with Gasteiger partial charge in [0.2, 0.25) is 5.91 Å². The first kappa shape index (κ1) is 13.1. The molecule has 0 aromatic carbocycles. The molecule has 1 fully saturated rings. The van der Waals surface area contributed by atoms with Crippen molar-refractivity contribution >= 4 is 23.5 Å². The van der Waals surface area contributed by atoms with Crippen LogP contribution in [0, 0.1) is 6.92 Å². The van der Waals surface area contributed by atoms with Crippen molar-refractivity contribution in [2.75, 3.05) is 37.3 Å². The normalized spacial score (nSPS) is 15.9. The number of hydrogen-bond donors (Lipinski definition) is 0. The van der Waals surface area contributed by atoms with Crippen LogP contribution >= 0.6 is 11.8 Å². The van der Waals surface area contributed by atoms with Gasteiger partial charge in [-0.2, -0.15) is 0 Å². The van der Waals surface area contributed by atoms with Gasteiger partial charge < -0.3 is 9.80 Å². The molecule has 0 spiro atoms. The lowest BCUT2D eigenvalue weighted by Crippen LogP contribution is -2.48. The highest BCUT2D eigenvalue weighted by molar-refractivity contribution is 7.98. The molecular formula is C12H18N4OS. The van der Waals surface area contributed by atoms with Crippen molar-refractivity contribution in [2.45, 2.75) is 19.0 Å². The lowest BCUT2D eigenvalue weighted by Gasteiger charge is -2.35. The molecule has 0 N–H and O–H groups in total. The van der Waals surface area contributed by atoms with Crippen molar-refractivity contribution in [3.05, 3.63) is 11.8 Å². The van der Waals surface area contributed by atoms with Gasteiger partial charge in [-0.1, -0.05) is 11.8 Å². The standard InChI is InChI=1S/C12H18N4OS/c1-9-8-11(14-12(13-9)18-3)16-6-4-15(5-7-16)10(2)17/h8H,4-7H2,1-3H3. The highest BCUT2D eigenvalue weighted by Crippen LogP contribution is 2.18. The zero-order valence-electron chi connectivity index (χ0n) is 11.0. The highest BCUT2D eigenvalue weighted by atomic mass is 32.2. The Morgan fingerprint density at radius 3 is 2.50 bits per heavy atom. The largest absolute Gasteiger partial charge is 0.353 e. The lowest BCUT2D eigenvalue weighted by molar-refractivity contribution is -0.129. The Hall–Kier alpha value is -1.30. The molecule has 6 heteroatoms. The monoisotopic (exact) mass is 266 g/mol. The van der Waals surface area contributed by atoms with E-state index in [2.05, 4.69) is 14.9 Å². The van der Waals surface area contributed by atoms with Crippen molar-refractivity contribution in [1.29, 1.82) is 0 Å². The Morgan fingerprint density at radius 2 is 1.94 bits per heavy atom. The molecule has 1 aliphatic heterocycles. The topological polar surface area (TPSA) is 49.3 Å². The average Bonchev–Trinajstić information content (AvgIpc) is 2.38. The Balaban J connectivity index is 2.09. The fourth-order valence-corrected chi connectivity index (χ4v) is 2.45. The van der Waals surface area contributed by atoms with E-state index in [4.69, 9.17) is 0 Å². The van der Waals surface area contributed by atoms with E-state index >= 15 is 0 Å². The van der Waals surface area contributed by atoms with Crippen LogP contribution in [-0.2, 0) is 4.79 Å². The number of aryl methyl sites for hydroxylation is 1. The second-order valence-electron chi connectivity index (χ2n) is 4.35. The Morgan fingerprint density at radius 1 is 1.28 bits per heavy atom. The van der Waals surface area contributed by atoms with Crippen LogP contribution in [0.15, 0.2) is 11.2 Å². The molecule has 2 rings (SSSR count). The number of amides is 1. The van der Waals surface area contributed by atoms with Gasteiger partial charge in [-0.15, -0.1) is 0 Å². The van der Waals surface area contributed by atoms with Crippen LogP contribution in [0.2, 0.25) is 0 Å². The van der Waals surface area contributed by atoms with Gasteiger partial charge >= 0.3 is 0 Å². The van der Waals surface area contributed by atoms with Crippen molar-refractivity contribution in [3.8, 4) is 0 Å². The van der Waals surface area contributed by atoms with Crippen LogP contribution in [0.5, 0.6) is 0 Å². The van der Waals surface area contributed by atoms with Crippen molar-refractivity contribution in [1.82, 2.24) is 14.9 Å². The molecule has 1 aromatic heterocycles. The van der Waals surface area contributed by atoms with Crippen LogP contribution in [0.1, 0.15) is 12.6 Å². The first-order valence-corrected chi connectivity index (χ1v) is 7.23. The lowest BCUT2D eigenvalue weighted by atomic mass is 10.3. The van der Waals surface area contributed by atoms with Crippen LogP contribution < -0.4 is 4.90 Å². The molecule has 1 amide bonds. The van der Waals surface area contributed by atoms with Gasteiger partial charge in [0.05, 0.1) is 0 Å². The summed E-state index contributed by atoms with van der Waals surface area (Å²) in [5.41, 5.74) is 0.985. The number of anilines is 1. The third-order valence-electron chi connectivity index (χ3n) is 3.05. The highest BCUT2D eigenvalue weighted by Gasteiger charge is 2.20. The first-order chi connectivity index (χ1) is 8.60. The fourth-order valence-electron chi connectivity index (χ4n) is 2.03. The number of nitrogens with zero attached hydrogens (tertiary/aromatic N) is 4. The number of rotatable bonds is 2. The summed E-state index contributed by atoms with van der Waals surface area (Å²) >= 11 is 1.55. The van der Waals surface area contributed by atoms with Crippen LogP contribution in [0.4, 0.5) is 5.82 Å². The van der Waals surface area contributed by atoms with E-state index in [-0.39, 0.29) is 5.91 Å². The Kier molecular flexibility index (Phi) is 4.06. The Labute approximate surface area is 112 Å². The first-order valence-electron chi connectivity index (χ1n) is 6.00. The van der Waals surface area contributed by atoms with E-state index < -0.39 is 0 Å². The van der Waals surface area contributed by atoms with Gasteiger partial charge in [-0.3, -0.25) is 4.79 Å². The third-order valence-corrected chi connectivity index (χ3v) is 3.60. The third kappa shape index (κ3) is 2.93. The average molecular weight is 266 g/mol. The van der Waals surface area contributed by atoms with Gasteiger partial charge in [-0.25, -0.2) is 9.97 Å².